The van der Waals surface area contributed by atoms with Crippen LogP contribution in [0.4, 0.5) is 0 Å². The van der Waals surface area contributed by atoms with Crippen molar-refractivity contribution in [2.75, 3.05) is 14.1 Å². The monoisotopic (exact) mass is 185 g/mol. The van der Waals surface area contributed by atoms with Gasteiger partial charge in [-0.1, -0.05) is 0 Å². The molecule has 1 nitrogen and oxygen atoms in total. The zero-order valence-electron chi connectivity index (χ0n) is 9.59. The van der Waals surface area contributed by atoms with Crippen LogP contribution in [-0.4, -0.2) is 29.3 Å². The predicted molar refractivity (Wildman–Crippen MR) is 60.3 cm³/mol. The molecule has 0 aromatic rings. The summed E-state index contributed by atoms with van der Waals surface area (Å²) >= 11 is 0.755. The van der Waals surface area contributed by atoms with Gasteiger partial charge in [0.25, 0.3) is 0 Å². The molecule has 0 saturated carbocycles. The van der Waals surface area contributed by atoms with Gasteiger partial charge in [0.05, 0.1) is 0 Å². The van der Waals surface area contributed by atoms with Crippen LogP contribution in [0.3, 0.4) is 0 Å². The molecule has 0 atom stereocenters. The van der Waals surface area contributed by atoms with Gasteiger partial charge >= 0.3 is 65.3 Å². The molecule has 0 aliphatic carbocycles. The average Bonchev–Trinajstić information content (AvgIpc) is 1.87. The molecule has 0 rings (SSSR count). The maximum absolute atomic E-state index is 3.50. The van der Waals surface area contributed by atoms with Gasteiger partial charge in [-0.05, 0) is 0 Å². The molecule has 0 aromatic heterocycles. The van der Waals surface area contributed by atoms with Crippen molar-refractivity contribution < 1.29 is 0 Å². The van der Waals surface area contributed by atoms with E-state index in [-0.39, 0.29) is 0 Å². The molecule has 0 spiro atoms. The molecule has 0 amide bonds. The molecule has 0 unspecified atom stereocenters. The molecular formula is C10H24AlN. The van der Waals surface area contributed by atoms with Crippen LogP contribution in [0, 0.1) is 11.8 Å². The fraction of sp³-hybridized carbons (Fsp3) is 1.00. The Morgan fingerprint density at radius 3 is 1.33 bits per heavy atom. The molecule has 0 aliphatic heterocycles. The first-order chi connectivity index (χ1) is 5.54. The van der Waals surface area contributed by atoms with E-state index in [9.17, 15) is 0 Å². The third-order valence-electron chi connectivity index (χ3n) is 1.28. The molecule has 0 radical (unpaired) electrons. The smallest absolute Gasteiger partial charge is 0.162 e. The normalized spacial score (nSPS) is 9.33. The first-order valence-electron chi connectivity index (χ1n) is 4.84. The van der Waals surface area contributed by atoms with E-state index in [2.05, 4.69) is 33.0 Å². The Hall–Kier alpha value is 0.492. The van der Waals surface area contributed by atoms with Gasteiger partial charge in [0.2, 0.25) is 0 Å². The molecule has 12 heavy (non-hydrogen) atoms. The summed E-state index contributed by atoms with van der Waals surface area (Å²) in [5.74, 6) is 1.86. The summed E-state index contributed by atoms with van der Waals surface area (Å²) in [6, 6.07) is 0. The van der Waals surface area contributed by atoms with E-state index >= 15 is 0 Å². The largest absolute Gasteiger partial charge is 0.668 e. The van der Waals surface area contributed by atoms with Gasteiger partial charge in [0.15, 0.2) is 0 Å². The zero-order valence-corrected chi connectivity index (χ0v) is 10.7. The minimum Gasteiger partial charge on any atom is -0.668 e. The molecule has 0 bridgehead atoms. The van der Waals surface area contributed by atoms with Crippen molar-refractivity contribution in [1.82, 2.24) is 0 Å². The number of nitrogens with zero attached hydrogens (tertiary/aromatic N) is 1. The minimum atomic E-state index is 0.755. The van der Waals surface area contributed by atoms with Crippen LogP contribution in [0.5, 0.6) is 0 Å². The molecule has 0 fully saturated rings. The van der Waals surface area contributed by atoms with Gasteiger partial charge in [0.1, 0.15) is 0 Å². The molecule has 0 N–H and O–H groups in total. The van der Waals surface area contributed by atoms with Crippen LogP contribution in [0.1, 0.15) is 27.7 Å². The predicted octanol–water partition coefficient (Wildman–Crippen LogP) is 3.46. The second-order valence-electron chi connectivity index (χ2n) is 3.99. The Morgan fingerprint density at radius 2 is 1.17 bits per heavy atom. The van der Waals surface area contributed by atoms with E-state index in [4.69, 9.17) is 0 Å². The molecule has 72 valence electrons. The maximum atomic E-state index is 3.50. The Labute approximate surface area is 85.0 Å². The topological polar surface area (TPSA) is 14.1 Å². The maximum Gasteiger partial charge on any atom is -0.162 e. The summed E-state index contributed by atoms with van der Waals surface area (Å²) in [5, 5.41) is 6.47. The van der Waals surface area contributed by atoms with Crippen molar-refractivity contribution in [3.63, 3.8) is 0 Å². The van der Waals surface area contributed by atoms with Gasteiger partial charge in [0, 0.05) is 0 Å². The molecule has 0 saturated heterocycles. The van der Waals surface area contributed by atoms with E-state index < -0.39 is 0 Å². The standard InChI is InChI=1S/2C4H9.C2H6N.Al/c2*1-4(2)3;1-3-2;/h2*4H,1H2,2-3H3;1-2H3;/q;;-1;+1. The van der Waals surface area contributed by atoms with Gasteiger partial charge in [-0.3, -0.25) is 0 Å². The van der Waals surface area contributed by atoms with Crippen LogP contribution < -0.4 is 0 Å². The van der Waals surface area contributed by atoms with Crippen molar-refractivity contribution in [3.8, 4) is 0 Å². The van der Waals surface area contributed by atoms with Crippen LogP contribution in [0.15, 0.2) is 0 Å². The average molecular weight is 185 g/mol. The van der Waals surface area contributed by atoms with Gasteiger partial charge in [-0.25, -0.2) is 0 Å². The molecular weight excluding hydrogens is 161 g/mol. The summed E-state index contributed by atoms with van der Waals surface area (Å²) in [6.45, 7) is 9.25. The summed E-state index contributed by atoms with van der Waals surface area (Å²) in [6.07, 6.45) is 0. The van der Waals surface area contributed by atoms with E-state index in [0.717, 1.165) is 27.1 Å². The second-order valence-corrected chi connectivity index (χ2v) is 5.52. The Kier molecular flexibility index (Phi) is 14.4. The van der Waals surface area contributed by atoms with Crippen LogP contribution >= 0.6 is 0 Å². The van der Waals surface area contributed by atoms with Crippen LogP contribution in [-0.2, 0) is 0 Å². The fourth-order valence-electron chi connectivity index (χ4n) is 0.763. The van der Waals surface area contributed by atoms with Crippen LogP contribution in [0.2, 0.25) is 10.6 Å². The van der Waals surface area contributed by atoms with Gasteiger partial charge in [-0.2, -0.15) is 14.1 Å². The van der Waals surface area contributed by atoms with E-state index in [1.165, 1.54) is 10.6 Å². The molecule has 0 heterocycles. The molecule has 2 heteroatoms. The first-order valence-corrected chi connectivity index (χ1v) is 6.47. The van der Waals surface area contributed by atoms with Crippen molar-refractivity contribution in [2.24, 2.45) is 11.8 Å². The van der Waals surface area contributed by atoms with Crippen LogP contribution in [0.25, 0.3) is 5.32 Å². The third kappa shape index (κ3) is 22.4. The Morgan fingerprint density at radius 1 is 0.917 bits per heavy atom. The van der Waals surface area contributed by atoms with Crippen molar-refractivity contribution >= 4 is 15.2 Å². The summed E-state index contributed by atoms with van der Waals surface area (Å²) in [7, 11) is 3.50. The Balaban J connectivity index is 0. The molecule has 0 aromatic carbocycles. The third-order valence-corrected chi connectivity index (χ3v) is 3.83. The SMILES string of the molecule is CC(C)[CH2][Al+][CH2]C(C)C.C[N-]C. The van der Waals surface area contributed by atoms with Gasteiger partial charge < -0.3 is 5.32 Å². The fourth-order valence-corrected chi connectivity index (χ4v) is 2.29. The Bertz CT molecular complexity index is 64.2. The van der Waals surface area contributed by atoms with E-state index in [1.807, 2.05) is 0 Å². The molecule has 0 aliphatic rings. The summed E-state index contributed by atoms with van der Waals surface area (Å²) in [5.41, 5.74) is 0. The zero-order chi connectivity index (χ0) is 9.98. The first kappa shape index (κ1) is 15.0. The number of hydrogen-bond donors (Lipinski definition) is 0. The minimum absolute atomic E-state index is 0.755. The van der Waals surface area contributed by atoms with Crippen molar-refractivity contribution in [3.05, 3.63) is 5.32 Å². The van der Waals surface area contributed by atoms with Crippen molar-refractivity contribution in [1.29, 1.82) is 0 Å². The van der Waals surface area contributed by atoms with E-state index in [0.29, 0.717) is 0 Å². The number of hydrogen-bond acceptors (Lipinski definition) is 0. The summed E-state index contributed by atoms with van der Waals surface area (Å²) in [4.78, 5) is 0. The number of rotatable bonds is 4. The quantitative estimate of drug-likeness (QED) is 0.595. The summed E-state index contributed by atoms with van der Waals surface area (Å²) < 4.78 is 0. The van der Waals surface area contributed by atoms with E-state index in [1.54, 1.807) is 14.1 Å². The second kappa shape index (κ2) is 11.5. The van der Waals surface area contributed by atoms with Gasteiger partial charge in [-0.15, -0.1) is 0 Å². The van der Waals surface area contributed by atoms with Crippen molar-refractivity contribution in [2.45, 2.75) is 38.3 Å².